The van der Waals surface area contributed by atoms with Gasteiger partial charge in [0.1, 0.15) is 30.3 Å². The topological polar surface area (TPSA) is 229 Å². The molecule has 0 aromatic carbocycles. The van der Waals surface area contributed by atoms with E-state index in [1.165, 1.54) is 13.0 Å². The van der Waals surface area contributed by atoms with E-state index >= 15 is 0 Å². The molecule has 0 unspecified atom stereocenters. The smallest absolute Gasteiger partial charge is 0.314 e. The predicted molar refractivity (Wildman–Crippen MR) is 177 cm³/mol. The Morgan fingerprint density at radius 3 is 1.77 bits per heavy atom. The quantitative estimate of drug-likeness (QED) is 0.145. The molecule has 12 heteroatoms. The second-order valence-corrected chi connectivity index (χ2v) is 12.5. The van der Waals surface area contributed by atoms with Gasteiger partial charge in [-0.2, -0.15) is 0 Å². The zero-order chi connectivity index (χ0) is 35.5. The summed E-state index contributed by atoms with van der Waals surface area (Å²) in [6.45, 7) is 5.00. The minimum absolute atomic E-state index is 0.197. The van der Waals surface area contributed by atoms with Crippen molar-refractivity contribution in [1.29, 1.82) is 0 Å². The number of hydrogen-bond acceptors (Lipinski definition) is 12. The zero-order valence-electron chi connectivity index (χ0n) is 27.8. The van der Waals surface area contributed by atoms with Crippen molar-refractivity contribution in [3.05, 3.63) is 60.3 Å². The van der Waals surface area contributed by atoms with Crippen LogP contribution in [0, 0.1) is 5.92 Å². The zero-order valence-corrected chi connectivity index (χ0v) is 27.8. The summed E-state index contributed by atoms with van der Waals surface area (Å²) >= 11 is 0. The van der Waals surface area contributed by atoms with Crippen LogP contribution in [0.4, 0.5) is 0 Å². The Kier molecular flexibility index (Phi) is 21.1. The number of cyclic esters (lactones) is 1. The molecule has 270 valence electrons. The number of aliphatic hydroxyl groups excluding tert-OH is 10. The van der Waals surface area contributed by atoms with Gasteiger partial charge in [0, 0.05) is 12.8 Å². The second kappa shape index (κ2) is 23.2. The first kappa shape index (κ1) is 42.8. The van der Waals surface area contributed by atoms with Gasteiger partial charge in [-0.15, -0.1) is 0 Å². The number of ether oxygens (including phenoxy) is 1. The molecule has 0 spiro atoms. The average Bonchev–Trinajstić information content (AvgIpc) is 2.98. The molecule has 0 aliphatic carbocycles. The Morgan fingerprint density at radius 2 is 1.21 bits per heavy atom. The number of allylic oxidation sites excluding steroid dienone is 8. The predicted octanol–water partition coefficient (Wildman–Crippen LogP) is 0.859. The summed E-state index contributed by atoms with van der Waals surface area (Å²) in [6.07, 6.45) is 0.559. The van der Waals surface area contributed by atoms with Crippen molar-refractivity contribution in [3.8, 4) is 0 Å². The highest BCUT2D eigenvalue weighted by Crippen LogP contribution is 2.24. The third-order valence-electron chi connectivity index (χ3n) is 8.17. The molecule has 0 aromatic heterocycles. The van der Waals surface area contributed by atoms with Crippen LogP contribution >= 0.6 is 0 Å². The molecule has 1 rings (SSSR count). The van der Waals surface area contributed by atoms with Crippen molar-refractivity contribution in [3.63, 3.8) is 0 Å². The number of carbonyl (C=O) groups excluding carboxylic acids is 1. The minimum atomic E-state index is -1.61. The highest BCUT2D eigenvalue weighted by Gasteiger charge is 2.37. The van der Waals surface area contributed by atoms with Crippen molar-refractivity contribution in [2.24, 2.45) is 5.92 Å². The molecular formula is C35H58O12. The highest BCUT2D eigenvalue weighted by atomic mass is 16.6. The van der Waals surface area contributed by atoms with Crippen molar-refractivity contribution in [2.45, 2.75) is 146 Å². The first-order chi connectivity index (χ1) is 22.2. The molecule has 0 saturated heterocycles. The largest absolute Gasteiger partial charge is 0.459 e. The standard InChI is InChI=1S/C35H58O12/c1-4-5-11-16-29(41)32-30(42)20-26(38)18-24(36)17-25(37)19-27(39)21-31(43)34(45)33(44)22(2)14-12-9-7-6-8-10-13-15-28(40)23(3)47-35(32)46/h6-10,12-15,23-34,36-45H,4-5,11,16-21H2,1-3H3/b7-6+,10-8+,12-9+,15-13+,22-14+/t23-,24-,25+,26-,27+,28+,29+,30-,31+,32+,33-,34-/m0/s1. The van der Waals surface area contributed by atoms with Crippen LogP contribution in [0.25, 0.3) is 0 Å². The third kappa shape index (κ3) is 17.1. The van der Waals surface area contributed by atoms with Crippen molar-refractivity contribution in [2.75, 3.05) is 0 Å². The minimum Gasteiger partial charge on any atom is -0.459 e. The molecule has 47 heavy (non-hydrogen) atoms. The SMILES string of the molecule is CCCCC[C@@H](O)[C@H]1C(=O)O[C@@H](C)[C@H](O)/C=C/C=C/C=C/C=C/C=C(\C)[C@H](O)[C@@H](O)[C@H](O)C[C@H](O)C[C@H](O)C[C@H](O)C[C@H](O)C[C@@H]1O. The van der Waals surface area contributed by atoms with Crippen LogP contribution in [-0.2, 0) is 9.53 Å². The third-order valence-corrected chi connectivity index (χ3v) is 8.17. The molecule has 1 heterocycles. The molecule has 1 aliphatic heterocycles. The fourth-order valence-electron chi connectivity index (χ4n) is 5.30. The lowest BCUT2D eigenvalue weighted by atomic mass is 9.87. The van der Waals surface area contributed by atoms with Gasteiger partial charge in [-0.1, -0.05) is 80.9 Å². The summed E-state index contributed by atoms with van der Waals surface area (Å²) in [5.41, 5.74) is 0.357. The van der Waals surface area contributed by atoms with Crippen LogP contribution < -0.4 is 0 Å². The molecule has 1 aliphatic rings. The molecule has 0 fully saturated rings. The van der Waals surface area contributed by atoms with Gasteiger partial charge in [-0.3, -0.25) is 4.79 Å². The summed E-state index contributed by atoms with van der Waals surface area (Å²) in [7, 11) is 0. The van der Waals surface area contributed by atoms with Gasteiger partial charge in [-0.05, 0) is 45.1 Å². The Hall–Kier alpha value is -2.23. The summed E-state index contributed by atoms with van der Waals surface area (Å²) in [5.74, 6) is -2.37. The van der Waals surface area contributed by atoms with Gasteiger partial charge in [0.05, 0.1) is 42.7 Å². The van der Waals surface area contributed by atoms with E-state index in [1.807, 2.05) is 6.92 Å². The first-order valence-electron chi connectivity index (χ1n) is 16.5. The Bertz CT molecular complexity index is 1020. The van der Waals surface area contributed by atoms with Gasteiger partial charge in [0.25, 0.3) is 0 Å². The maximum Gasteiger partial charge on any atom is 0.314 e. The number of carbonyl (C=O) groups is 1. The van der Waals surface area contributed by atoms with Gasteiger partial charge >= 0.3 is 5.97 Å². The fraction of sp³-hybridized carbons (Fsp3) is 0.686. The lowest BCUT2D eigenvalue weighted by Crippen LogP contribution is -2.43. The van der Waals surface area contributed by atoms with Crippen LogP contribution in [0.1, 0.15) is 78.6 Å². The maximum absolute atomic E-state index is 13.1. The van der Waals surface area contributed by atoms with Gasteiger partial charge < -0.3 is 55.8 Å². The van der Waals surface area contributed by atoms with E-state index in [2.05, 4.69) is 0 Å². The van der Waals surface area contributed by atoms with E-state index in [-0.39, 0.29) is 32.1 Å². The summed E-state index contributed by atoms with van der Waals surface area (Å²) < 4.78 is 5.41. The maximum atomic E-state index is 13.1. The number of rotatable bonds is 5. The molecule has 0 bridgehead atoms. The van der Waals surface area contributed by atoms with Crippen LogP contribution in [0.2, 0.25) is 0 Å². The monoisotopic (exact) mass is 670 g/mol. The second-order valence-electron chi connectivity index (χ2n) is 12.5. The lowest BCUT2D eigenvalue weighted by molar-refractivity contribution is -0.168. The molecule has 12 atom stereocenters. The van der Waals surface area contributed by atoms with Crippen LogP contribution in [-0.4, -0.2) is 124 Å². The van der Waals surface area contributed by atoms with Crippen molar-refractivity contribution >= 4 is 5.97 Å². The van der Waals surface area contributed by atoms with Gasteiger partial charge in [0.2, 0.25) is 0 Å². The molecule has 0 radical (unpaired) electrons. The molecular weight excluding hydrogens is 612 g/mol. The highest BCUT2D eigenvalue weighted by molar-refractivity contribution is 5.74. The number of unbranched alkanes of at least 4 members (excludes halogenated alkanes) is 2. The Morgan fingerprint density at radius 1 is 0.723 bits per heavy atom. The van der Waals surface area contributed by atoms with Crippen molar-refractivity contribution in [1.82, 2.24) is 0 Å². The average molecular weight is 671 g/mol. The van der Waals surface area contributed by atoms with Crippen LogP contribution in [0.15, 0.2) is 60.3 Å². The number of esters is 1. The van der Waals surface area contributed by atoms with Crippen molar-refractivity contribution < 1.29 is 60.6 Å². The van der Waals surface area contributed by atoms with E-state index in [1.54, 1.807) is 55.5 Å². The summed E-state index contributed by atoms with van der Waals surface area (Å²) in [4.78, 5) is 13.1. The molecule has 12 nitrogen and oxygen atoms in total. The van der Waals surface area contributed by atoms with E-state index in [0.29, 0.717) is 12.0 Å². The van der Waals surface area contributed by atoms with Gasteiger partial charge in [0.15, 0.2) is 0 Å². The number of hydrogen-bond donors (Lipinski definition) is 10. The lowest BCUT2D eigenvalue weighted by Gasteiger charge is -2.30. The summed E-state index contributed by atoms with van der Waals surface area (Å²) in [6, 6.07) is 0. The Labute approximate surface area is 278 Å². The van der Waals surface area contributed by atoms with E-state index in [0.717, 1.165) is 12.8 Å². The van der Waals surface area contributed by atoms with Crippen LogP contribution in [0.5, 0.6) is 0 Å². The molecule has 0 aromatic rings. The molecule has 0 saturated carbocycles. The van der Waals surface area contributed by atoms with Gasteiger partial charge in [-0.25, -0.2) is 0 Å². The Balaban J connectivity index is 3.19. The normalized spacial score (nSPS) is 39.6. The summed E-state index contributed by atoms with van der Waals surface area (Å²) in [5, 5.41) is 105. The number of aliphatic hydroxyl groups is 10. The first-order valence-corrected chi connectivity index (χ1v) is 16.5. The van der Waals surface area contributed by atoms with Crippen LogP contribution in [0.3, 0.4) is 0 Å². The van der Waals surface area contributed by atoms with E-state index in [9.17, 15) is 55.9 Å². The van der Waals surface area contributed by atoms with E-state index < -0.39 is 85.5 Å². The molecule has 10 N–H and O–H groups in total. The van der Waals surface area contributed by atoms with E-state index in [4.69, 9.17) is 4.74 Å². The molecule has 0 amide bonds. The fourth-order valence-corrected chi connectivity index (χ4v) is 5.30.